The van der Waals surface area contributed by atoms with Crippen molar-refractivity contribution < 1.29 is 18.7 Å². The second-order valence-electron chi connectivity index (χ2n) is 2.97. The molecule has 0 aliphatic rings. The van der Waals surface area contributed by atoms with Crippen molar-refractivity contribution in [2.24, 2.45) is 0 Å². The molecule has 1 atom stereocenters. The third kappa shape index (κ3) is 2.00. The molecule has 0 aliphatic heterocycles. The van der Waals surface area contributed by atoms with E-state index >= 15 is 0 Å². The number of rotatable bonds is 2. The van der Waals surface area contributed by atoms with Gasteiger partial charge in [0.15, 0.2) is 11.1 Å². The lowest BCUT2D eigenvalue weighted by atomic mass is 10.1. The SMILES string of the molecule is Cc1cc(C(=O)O)cc(S(=O)O)c1C. The van der Waals surface area contributed by atoms with Crippen LogP contribution in [0.3, 0.4) is 0 Å². The van der Waals surface area contributed by atoms with E-state index in [0.717, 1.165) is 0 Å². The molecule has 5 heteroatoms. The maximum atomic E-state index is 10.9. The van der Waals surface area contributed by atoms with Gasteiger partial charge in [0.1, 0.15) is 0 Å². The molecule has 1 aromatic carbocycles. The van der Waals surface area contributed by atoms with Crippen LogP contribution in [0.1, 0.15) is 21.5 Å². The number of hydrogen-bond donors (Lipinski definition) is 2. The van der Waals surface area contributed by atoms with Crippen LogP contribution in [-0.4, -0.2) is 19.8 Å². The molecule has 0 saturated heterocycles. The first kappa shape index (κ1) is 10.9. The largest absolute Gasteiger partial charge is 0.478 e. The maximum absolute atomic E-state index is 10.9. The Balaban J connectivity index is 3.43. The van der Waals surface area contributed by atoms with Crippen molar-refractivity contribution in [2.75, 3.05) is 0 Å². The summed E-state index contributed by atoms with van der Waals surface area (Å²) in [5.41, 5.74) is 1.38. The second kappa shape index (κ2) is 3.89. The van der Waals surface area contributed by atoms with Crippen LogP contribution in [-0.2, 0) is 11.1 Å². The lowest BCUT2D eigenvalue weighted by molar-refractivity contribution is 0.0696. The Bertz CT molecular complexity index is 412. The monoisotopic (exact) mass is 214 g/mol. The van der Waals surface area contributed by atoms with Crippen molar-refractivity contribution in [1.29, 1.82) is 0 Å². The van der Waals surface area contributed by atoms with Crippen LogP contribution < -0.4 is 0 Å². The van der Waals surface area contributed by atoms with Crippen molar-refractivity contribution in [3.63, 3.8) is 0 Å². The van der Waals surface area contributed by atoms with E-state index in [2.05, 4.69) is 0 Å². The molecule has 0 fully saturated rings. The fourth-order valence-corrected chi connectivity index (χ4v) is 1.78. The van der Waals surface area contributed by atoms with Crippen LogP contribution in [0.2, 0.25) is 0 Å². The Morgan fingerprint density at radius 1 is 1.36 bits per heavy atom. The van der Waals surface area contributed by atoms with Crippen LogP contribution in [0.4, 0.5) is 0 Å². The Morgan fingerprint density at radius 2 is 1.93 bits per heavy atom. The molecule has 0 spiro atoms. The minimum absolute atomic E-state index is 0.0329. The number of hydrogen-bond acceptors (Lipinski definition) is 2. The quantitative estimate of drug-likeness (QED) is 0.733. The minimum Gasteiger partial charge on any atom is -0.478 e. The third-order valence-electron chi connectivity index (χ3n) is 2.05. The van der Waals surface area contributed by atoms with Crippen molar-refractivity contribution in [1.82, 2.24) is 0 Å². The van der Waals surface area contributed by atoms with Crippen LogP contribution in [0.15, 0.2) is 17.0 Å². The summed E-state index contributed by atoms with van der Waals surface area (Å²) in [5, 5.41) is 8.73. The van der Waals surface area contributed by atoms with Gasteiger partial charge in [-0.3, -0.25) is 0 Å². The van der Waals surface area contributed by atoms with Crippen LogP contribution in [0, 0.1) is 13.8 Å². The molecule has 14 heavy (non-hydrogen) atoms. The van der Waals surface area contributed by atoms with Crippen molar-refractivity contribution >= 4 is 17.0 Å². The zero-order chi connectivity index (χ0) is 10.9. The highest BCUT2D eigenvalue weighted by molar-refractivity contribution is 7.79. The van der Waals surface area contributed by atoms with E-state index < -0.39 is 17.0 Å². The molecular weight excluding hydrogens is 204 g/mol. The zero-order valence-electron chi connectivity index (χ0n) is 7.77. The summed E-state index contributed by atoms with van der Waals surface area (Å²) in [5.74, 6) is -1.10. The predicted molar refractivity (Wildman–Crippen MR) is 51.9 cm³/mol. The van der Waals surface area contributed by atoms with E-state index in [9.17, 15) is 9.00 Å². The molecule has 0 amide bonds. The lowest BCUT2D eigenvalue weighted by Crippen LogP contribution is -2.02. The second-order valence-corrected chi connectivity index (χ2v) is 3.91. The highest BCUT2D eigenvalue weighted by atomic mass is 32.2. The first-order chi connectivity index (χ1) is 6.43. The van der Waals surface area contributed by atoms with Crippen LogP contribution in [0.5, 0.6) is 0 Å². The number of benzene rings is 1. The molecule has 1 aromatic rings. The van der Waals surface area contributed by atoms with Gasteiger partial charge in [-0.2, -0.15) is 0 Å². The summed E-state index contributed by atoms with van der Waals surface area (Å²) in [7, 11) is 0. The molecule has 1 unspecified atom stereocenters. The topological polar surface area (TPSA) is 74.6 Å². The molecule has 0 bridgehead atoms. The number of aryl methyl sites for hydroxylation is 1. The summed E-state index contributed by atoms with van der Waals surface area (Å²) in [6.07, 6.45) is 0. The van der Waals surface area contributed by atoms with Gasteiger partial charge < -0.3 is 9.66 Å². The summed E-state index contributed by atoms with van der Waals surface area (Å²) >= 11 is -2.14. The van der Waals surface area contributed by atoms with E-state index in [-0.39, 0.29) is 10.5 Å². The first-order valence-corrected chi connectivity index (χ1v) is 4.99. The molecule has 4 nitrogen and oxygen atoms in total. The van der Waals surface area contributed by atoms with Crippen molar-refractivity contribution in [3.8, 4) is 0 Å². The minimum atomic E-state index is -2.14. The van der Waals surface area contributed by atoms with Crippen molar-refractivity contribution in [3.05, 3.63) is 28.8 Å². The normalized spacial score (nSPS) is 12.5. The van der Waals surface area contributed by atoms with Crippen molar-refractivity contribution in [2.45, 2.75) is 18.7 Å². The van der Waals surface area contributed by atoms with Gasteiger partial charge in [-0.25, -0.2) is 9.00 Å². The number of carboxylic acids is 1. The first-order valence-electron chi connectivity index (χ1n) is 3.89. The molecule has 0 heterocycles. The third-order valence-corrected chi connectivity index (χ3v) is 2.86. The van der Waals surface area contributed by atoms with Gasteiger partial charge in [-0.05, 0) is 37.1 Å². The molecule has 1 rings (SSSR count). The maximum Gasteiger partial charge on any atom is 0.335 e. The molecule has 0 aromatic heterocycles. The average molecular weight is 214 g/mol. The molecular formula is C9H10O4S. The van der Waals surface area contributed by atoms with Gasteiger partial charge in [0.25, 0.3) is 0 Å². The Morgan fingerprint density at radius 3 is 2.36 bits per heavy atom. The van der Waals surface area contributed by atoms with Gasteiger partial charge in [-0.1, -0.05) is 0 Å². The predicted octanol–water partition coefficient (Wildman–Crippen LogP) is 1.58. The van der Waals surface area contributed by atoms with Gasteiger partial charge >= 0.3 is 5.97 Å². The van der Waals surface area contributed by atoms with Gasteiger partial charge in [0.2, 0.25) is 0 Å². The summed E-state index contributed by atoms with van der Waals surface area (Å²) in [6.45, 7) is 3.39. The molecule has 76 valence electrons. The zero-order valence-corrected chi connectivity index (χ0v) is 8.59. The standard InChI is InChI=1S/C9H10O4S/c1-5-3-7(9(10)11)4-8(6(5)2)14(12)13/h3-4H,1-2H3,(H,10,11)(H,12,13). The van der Waals surface area contributed by atoms with E-state index in [1.807, 2.05) is 0 Å². The Hall–Kier alpha value is -1.20. The Labute approximate surface area is 83.9 Å². The van der Waals surface area contributed by atoms with E-state index in [1.165, 1.54) is 12.1 Å². The van der Waals surface area contributed by atoms with E-state index in [4.69, 9.17) is 9.66 Å². The summed E-state index contributed by atoms with van der Waals surface area (Å²) in [6, 6.07) is 2.70. The fourth-order valence-electron chi connectivity index (χ4n) is 1.13. The summed E-state index contributed by atoms with van der Waals surface area (Å²) in [4.78, 5) is 10.8. The van der Waals surface area contributed by atoms with Crippen LogP contribution in [0.25, 0.3) is 0 Å². The van der Waals surface area contributed by atoms with Gasteiger partial charge in [0.05, 0.1) is 10.5 Å². The van der Waals surface area contributed by atoms with Crippen LogP contribution >= 0.6 is 0 Å². The fraction of sp³-hybridized carbons (Fsp3) is 0.222. The number of aromatic carboxylic acids is 1. The highest BCUT2D eigenvalue weighted by Crippen LogP contribution is 2.18. The average Bonchev–Trinajstić information content (AvgIpc) is 2.08. The Kier molecular flexibility index (Phi) is 3.03. The van der Waals surface area contributed by atoms with E-state index in [1.54, 1.807) is 13.8 Å². The molecule has 0 radical (unpaired) electrons. The van der Waals surface area contributed by atoms with Gasteiger partial charge in [0, 0.05) is 0 Å². The summed E-state index contributed by atoms with van der Waals surface area (Å²) < 4.78 is 19.8. The molecule has 0 saturated carbocycles. The van der Waals surface area contributed by atoms with E-state index in [0.29, 0.717) is 11.1 Å². The smallest absolute Gasteiger partial charge is 0.335 e. The number of carbonyl (C=O) groups is 1. The van der Waals surface area contributed by atoms with Gasteiger partial charge in [-0.15, -0.1) is 0 Å². The number of carboxylic acid groups (broad SMARTS) is 1. The molecule has 0 aliphatic carbocycles. The lowest BCUT2D eigenvalue weighted by Gasteiger charge is -2.06. The highest BCUT2D eigenvalue weighted by Gasteiger charge is 2.12. The molecule has 2 N–H and O–H groups in total.